The van der Waals surface area contributed by atoms with E-state index in [9.17, 15) is 63.9 Å². The number of cyclic esters (lactones) is 1. The van der Waals surface area contributed by atoms with Gasteiger partial charge in [0.25, 0.3) is 5.56 Å². The third kappa shape index (κ3) is 14.2. The molecule has 0 saturated carbocycles. The molecule has 9 N–H and O–H groups in total. The number of para-hydroxylation sites is 1. The molecular formula is C72H79FN10O19. The molecule has 1 fully saturated rings. The average Bonchev–Trinajstić information content (AvgIpc) is 1.50. The molecular weight excluding hydrogens is 1330 g/mol. The lowest BCUT2D eigenvalue weighted by Gasteiger charge is -2.38. The molecule has 5 aliphatic rings. The summed E-state index contributed by atoms with van der Waals surface area (Å²) in [4.78, 5) is 116. The maximum atomic E-state index is 15.7. The summed E-state index contributed by atoms with van der Waals surface area (Å²) in [6, 6.07) is 20.0. The number of methoxy groups -OCH3 is 1. The first-order valence-corrected chi connectivity index (χ1v) is 33.8. The Labute approximate surface area is 583 Å². The van der Waals surface area contributed by atoms with Gasteiger partial charge >= 0.3 is 18.0 Å². The number of aliphatic hydroxyl groups is 4. The number of alkyl carbamates (subject to hydrolysis) is 1. The number of fused-ring (bicyclic) bond motifs is 10. The van der Waals surface area contributed by atoms with E-state index in [0.29, 0.717) is 45.4 Å². The van der Waals surface area contributed by atoms with Crippen LogP contribution >= 0.6 is 0 Å². The van der Waals surface area contributed by atoms with Crippen LogP contribution in [0.25, 0.3) is 44.8 Å². The maximum Gasteiger partial charge on any atom is 0.407 e. The van der Waals surface area contributed by atoms with Gasteiger partial charge in [-0.15, -0.1) is 5.10 Å². The van der Waals surface area contributed by atoms with Crippen molar-refractivity contribution in [2.45, 2.75) is 166 Å². The van der Waals surface area contributed by atoms with E-state index in [4.69, 9.17) is 33.4 Å². The van der Waals surface area contributed by atoms with Crippen LogP contribution in [0.3, 0.4) is 0 Å². The second kappa shape index (κ2) is 30.2. The van der Waals surface area contributed by atoms with Gasteiger partial charge in [-0.2, -0.15) is 0 Å². The number of rotatable bonds is 25. The van der Waals surface area contributed by atoms with E-state index >= 15 is 4.39 Å². The van der Waals surface area contributed by atoms with Crippen LogP contribution in [0.2, 0.25) is 0 Å². The standard InChI is InChI=1S/C72H79FN10O19/c1-6-72(96)46-28-52-59-44(33-82(52)67(91)45(46)35-99-70(72)94)58-48(21-20-41-37(4)47(73)29-49(77-59)57(41)58)78-71(95)100-34-38-19-22-53(101-69-64(89)62(87)63(88)65(102-69)68(92)93)40(27-38)30-75-66(90)50(31-74-54(84)23-24-98-26-25-97-5)76-55(85)17-11-12-18-56(86)81-32-39-13-7-8-14-42(39)60-61(83(36(2)3)80-79-60)43-15-9-10-16-51(43)81/h7-10,13-16,19,22,27-29,36,48,50,62-65,69,87-89,96H,6,11-12,17-18,20-21,23-26,30-35H2,1-5H3,(H,74,84)(H,75,90)(H,76,85)(H,78,95)(H,92,93). The number of carbonyl (C=O) groups is 7. The van der Waals surface area contributed by atoms with Crippen molar-refractivity contribution in [2.24, 2.45) is 0 Å². The summed E-state index contributed by atoms with van der Waals surface area (Å²) < 4.78 is 52.0. The number of benzene rings is 4. The van der Waals surface area contributed by atoms with Crippen molar-refractivity contribution < 1.29 is 91.9 Å². The van der Waals surface area contributed by atoms with Gasteiger partial charge in [-0.25, -0.2) is 28.4 Å². The zero-order valence-corrected chi connectivity index (χ0v) is 56.7. The largest absolute Gasteiger partial charge is 0.479 e. The Hall–Kier alpha value is -10.1. The van der Waals surface area contributed by atoms with Crippen molar-refractivity contribution in [2.75, 3.05) is 38.4 Å². The number of halogens is 1. The number of ether oxygens (including phenoxy) is 6. The van der Waals surface area contributed by atoms with E-state index in [-0.39, 0.29) is 141 Å². The summed E-state index contributed by atoms with van der Waals surface area (Å²) in [7, 11) is 1.50. The number of aliphatic carboxylic acids is 1. The highest BCUT2D eigenvalue weighted by Gasteiger charge is 2.49. The number of aliphatic hydroxyl groups excluding tert-OH is 3. The lowest BCUT2D eigenvalue weighted by atomic mass is 9.81. The number of amides is 5. The van der Waals surface area contributed by atoms with Crippen molar-refractivity contribution in [1.82, 2.24) is 45.8 Å². The number of unbranched alkanes of at least 4 members (excludes halogenated alkanes) is 1. The third-order valence-corrected chi connectivity index (χ3v) is 19.3. The first kappa shape index (κ1) is 71.7. The predicted octanol–water partition coefficient (Wildman–Crippen LogP) is 4.60. The molecule has 0 radical (unpaired) electrons. The number of hydrogen-bond acceptors (Lipinski definition) is 21. The van der Waals surface area contributed by atoms with E-state index in [2.05, 4.69) is 31.6 Å². The normalized spacial score (nSPS) is 20.3. The van der Waals surface area contributed by atoms with E-state index in [1.807, 2.05) is 67.1 Å². The fourth-order valence-electron chi connectivity index (χ4n) is 13.8. The van der Waals surface area contributed by atoms with Gasteiger partial charge in [0, 0.05) is 84.8 Å². The summed E-state index contributed by atoms with van der Waals surface area (Å²) in [6.45, 7) is 6.28. The Bertz CT molecular complexity index is 4520. The Morgan fingerprint density at radius 2 is 1.61 bits per heavy atom. The maximum absolute atomic E-state index is 15.7. The van der Waals surface area contributed by atoms with Gasteiger partial charge in [0.1, 0.15) is 54.8 Å². The topological polar surface area (TPSA) is 393 Å². The molecule has 0 bridgehead atoms. The Morgan fingerprint density at radius 3 is 2.37 bits per heavy atom. The van der Waals surface area contributed by atoms with Crippen molar-refractivity contribution in [3.05, 3.63) is 145 Å². The first-order chi connectivity index (χ1) is 49.0. The van der Waals surface area contributed by atoms with E-state index in [1.165, 1.54) is 42.0 Å². The zero-order valence-electron chi connectivity index (χ0n) is 56.7. The minimum atomic E-state index is -2.12. The highest BCUT2D eigenvalue weighted by Crippen LogP contribution is 2.47. The van der Waals surface area contributed by atoms with Crippen LogP contribution in [-0.2, 0) is 97.3 Å². The van der Waals surface area contributed by atoms with E-state index < -0.39 is 115 Å². The van der Waals surface area contributed by atoms with Crippen LogP contribution in [-0.4, -0.2) is 162 Å². The van der Waals surface area contributed by atoms with Gasteiger partial charge in [0.05, 0.1) is 72.8 Å². The number of hydrogen-bond donors (Lipinski definition) is 9. The molecule has 12 rings (SSSR count). The molecule has 8 unspecified atom stereocenters. The fraction of sp³-hybridized carbons (Fsp3) is 0.431. The number of pyridine rings is 2. The number of carboxylic acids is 1. The lowest BCUT2D eigenvalue weighted by Crippen LogP contribution is -2.61. The van der Waals surface area contributed by atoms with E-state index in [0.717, 1.165) is 22.4 Å². The van der Waals surface area contributed by atoms with Crippen molar-refractivity contribution >= 4 is 58.3 Å². The van der Waals surface area contributed by atoms with E-state index in [1.54, 1.807) is 18.7 Å². The Balaban J connectivity index is 0.760. The SMILES string of the molecule is CCC1(O)C(=O)OCc2c1cc1n(c2=O)Cc2c-1nc1cc(F)c(C)c3c1c2C(NC(=O)OCc1ccc(OC2OC(C(=O)O)C(O)C(O)C2O)c(CNC(=O)C(CNC(=O)CCOCCOC)NC(=O)CCCCC(=O)N2Cc4ccccc4-c4nnn(C(C)C)c4-c4ccccc42)c1)CC3. The first-order valence-electron chi connectivity index (χ1n) is 33.8. The second-order valence-electron chi connectivity index (χ2n) is 26.1. The van der Waals surface area contributed by atoms with Crippen molar-refractivity contribution in [1.29, 1.82) is 0 Å². The van der Waals surface area contributed by atoms with Crippen LogP contribution in [0, 0.1) is 12.7 Å². The monoisotopic (exact) mass is 1410 g/mol. The summed E-state index contributed by atoms with van der Waals surface area (Å²) in [5.74, 6) is -5.39. The number of nitrogens with zero attached hydrogens (tertiary/aromatic N) is 6. The second-order valence-corrected chi connectivity index (χ2v) is 26.1. The van der Waals surface area contributed by atoms with Gasteiger partial charge in [-0.1, -0.05) is 60.7 Å². The molecule has 30 heteroatoms. The summed E-state index contributed by atoms with van der Waals surface area (Å²) >= 11 is 0. The molecule has 8 atom stereocenters. The quantitative estimate of drug-likeness (QED) is 0.0279. The number of aryl methyl sites for hydroxylation is 1. The summed E-state index contributed by atoms with van der Waals surface area (Å²) in [6.07, 6.45) is -10.3. The lowest BCUT2D eigenvalue weighted by molar-refractivity contribution is -0.271. The highest BCUT2D eigenvalue weighted by molar-refractivity contribution is 6.00. The number of nitrogens with one attached hydrogen (secondary N) is 4. The van der Waals surface area contributed by atoms with Crippen LogP contribution in [0.5, 0.6) is 5.75 Å². The highest BCUT2D eigenvalue weighted by atomic mass is 19.1. The molecule has 538 valence electrons. The number of carbonyl (C=O) groups excluding carboxylic acids is 6. The number of carboxylic acid groups (broad SMARTS) is 1. The van der Waals surface area contributed by atoms with Gasteiger partial charge in [-0.05, 0) is 105 Å². The fourth-order valence-corrected chi connectivity index (χ4v) is 13.8. The van der Waals surface area contributed by atoms with Gasteiger partial charge in [0.15, 0.2) is 11.7 Å². The van der Waals surface area contributed by atoms with Gasteiger partial charge in [0.2, 0.25) is 29.9 Å². The molecule has 3 aromatic heterocycles. The van der Waals surface area contributed by atoms with Crippen LogP contribution in [0.1, 0.15) is 128 Å². The Kier molecular flexibility index (Phi) is 21.3. The van der Waals surface area contributed by atoms with Crippen molar-refractivity contribution in [3.63, 3.8) is 0 Å². The van der Waals surface area contributed by atoms with Gasteiger partial charge in [-0.3, -0.25) is 24.0 Å². The summed E-state index contributed by atoms with van der Waals surface area (Å²) in [5.41, 5.74) is 5.48. The smallest absolute Gasteiger partial charge is 0.407 e. The molecule has 5 amide bonds. The molecule has 7 heterocycles. The molecule has 1 aliphatic carbocycles. The third-order valence-electron chi connectivity index (χ3n) is 19.3. The molecule has 7 aromatic rings. The van der Waals surface area contributed by atoms with Crippen LogP contribution in [0.15, 0.2) is 83.7 Å². The minimum Gasteiger partial charge on any atom is -0.479 e. The average molecular weight is 1410 g/mol. The minimum absolute atomic E-state index is 0.0164. The van der Waals surface area contributed by atoms with Crippen LogP contribution in [0.4, 0.5) is 14.9 Å². The number of aromatic nitrogens is 5. The predicted molar refractivity (Wildman–Crippen MR) is 360 cm³/mol. The zero-order chi connectivity index (χ0) is 72.4. The van der Waals surface area contributed by atoms with Gasteiger partial charge < -0.3 is 84.7 Å². The molecule has 29 nitrogen and oxygen atoms in total. The summed E-state index contributed by atoms with van der Waals surface area (Å²) in [5, 5.41) is 74.3. The van der Waals surface area contributed by atoms with Crippen molar-refractivity contribution in [3.8, 4) is 39.7 Å². The Morgan fingerprint density at radius 1 is 0.843 bits per heavy atom. The molecule has 0 spiro atoms. The molecule has 4 aliphatic heterocycles. The molecule has 4 aromatic carbocycles. The molecule has 102 heavy (non-hydrogen) atoms. The molecule has 1 saturated heterocycles. The number of esters is 1. The van der Waals surface area contributed by atoms with Crippen LogP contribution < -0.4 is 36.5 Å². The number of anilines is 1.